The summed E-state index contributed by atoms with van der Waals surface area (Å²) < 4.78 is 0. The van der Waals surface area contributed by atoms with Gasteiger partial charge in [-0.25, -0.2) is 0 Å². The van der Waals surface area contributed by atoms with Crippen LogP contribution < -0.4 is 0 Å². The third kappa shape index (κ3) is 3.21. The second kappa shape index (κ2) is 5.96. The first-order valence-corrected chi connectivity index (χ1v) is 7.43. The number of piperidine rings is 1. The number of likely N-dealkylation sites (tertiary alicyclic amines) is 1. The van der Waals surface area contributed by atoms with Crippen LogP contribution in [0.25, 0.3) is 0 Å². The average molecular weight is 275 g/mol. The Morgan fingerprint density at radius 1 is 1.25 bits per heavy atom. The maximum Gasteiger partial charge on any atom is 0.254 e. The minimum atomic E-state index is -0.0321. The van der Waals surface area contributed by atoms with E-state index in [0.717, 1.165) is 37.1 Å². The van der Waals surface area contributed by atoms with Crippen molar-refractivity contribution >= 4 is 5.91 Å². The predicted molar refractivity (Wildman–Crippen MR) is 80.9 cm³/mol. The second-order valence-corrected chi connectivity index (χ2v) is 6.71. The highest BCUT2D eigenvalue weighted by atomic mass is 16.3. The number of hydrogen-bond acceptors (Lipinski definition) is 2. The first-order valence-electron chi connectivity index (χ1n) is 7.43. The minimum Gasteiger partial charge on any atom is -0.396 e. The van der Waals surface area contributed by atoms with Gasteiger partial charge in [0.15, 0.2) is 0 Å². The molecule has 1 N–H and O–H groups in total. The number of amides is 1. The van der Waals surface area contributed by atoms with Crippen LogP contribution in [0, 0.1) is 5.92 Å². The number of hydrogen-bond donors (Lipinski definition) is 1. The standard InChI is InChI=1S/C17H25NO2/c1-17(2,3)15-7-5-4-6-14(15)16(20)18-10-8-13(12-19)9-11-18/h4-7,13,19H,8-12H2,1-3H3. The molecule has 0 unspecified atom stereocenters. The summed E-state index contributed by atoms with van der Waals surface area (Å²) in [4.78, 5) is 14.7. The number of nitrogens with zero attached hydrogens (tertiary/aromatic N) is 1. The fourth-order valence-electron chi connectivity index (χ4n) is 2.81. The van der Waals surface area contributed by atoms with Crippen molar-refractivity contribution in [1.29, 1.82) is 0 Å². The van der Waals surface area contributed by atoms with E-state index in [2.05, 4.69) is 20.8 Å². The summed E-state index contributed by atoms with van der Waals surface area (Å²) in [5, 5.41) is 9.18. The van der Waals surface area contributed by atoms with Gasteiger partial charge in [0.1, 0.15) is 0 Å². The molecule has 1 saturated heterocycles. The monoisotopic (exact) mass is 275 g/mol. The maximum atomic E-state index is 12.7. The molecule has 1 heterocycles. The largest absolute Gasteiger partial charge is 0.396 e. The van der Waals surface area contributed by atoms with Crippen molar-refractivity contribution in [1.82, 2.24) is 4.90 Å². The van der Waals surface area contributed by atoms with Gasteiger partial charge in [0.25, 0.3) is 5.91 Å². The molecule has 3 nitrogen and oxygen atoms in total. The molecule has 1 fully saturated rings. The van der Waals surface area contributed by atoms with Gasteiger partial charge in [-0.2, -0.15) is 0 Å². The Morgan fingerprint density at radius 3 is 2.40 bits per heavy atom. The highest BCUT2D eigenvalue weighted by Gasteiger charge is 2.27. The van der Waals surface area contributed by atoms with Gasteiger partial charge in [0.2, 0.25) is 0 Å². The van der Waals surface area contributed by atoms with Crippen LogP contribution in [0.15, 0.2) is 24.3 Å². The molecule has 0 aromatic heterocycles. The van der Waals surface area contributed by atoms with Crippen LogP contribution in [0.3, 0.4) is 0 Å². The first-order chi connectivity index (χ1) is 9.43. The van der Waals surface area contributed by atoms with Crippen LogP contribution in [0.2, 0.25) is 0 Å². The highest BCUT2D eigenvalue weighted by molar-refractivity contribution is 5.96. The molecule has 1 aliphatic rings. The van der Waals surface area contributed by atoms with Gasteiger partial charge in [0.05, 0.1) is 0 Å². The van der Waals surface area contributed by atoms with Gasteiger partial charge in [-0.15, -0.1) is 0 Å². The predicted octanol–water partition coefficient (Wildman–Crippen LogP) is 2.83. The van der Waals surface area contributed by atoms with Crippen LogP contribution in [-0.4, -0.2) is 35.6 Å². The second-order valence-electron chi connectivity index (χ2n) is 6.71. The SMILES string of the molecule is CC(C)(C)c1ccccc1C(=O)N1CCC(CO)CC1. The smallest absolute Gasteiger partial charge is 0.254 e. The van der Waals surface area contributed by atoms with E-state index in [0.29, 0.717) is 5.92 Å². The van der Waals surface area contributed by atoms with Crippen molar-refractivity contribution in [2.24, 2.45) is 5.92 Å². The molecule has 2 rings (SSSR count). The number of aliphatic hydroxyl groups excluding tert-OH is 1. The summed E-state index contributed by atoms with van der Waals surface area (Å²) in [6.45, 7) is 8.15. The molecule has 0 atom stereocenters. The van der Waals surface area contributed by atoms with Crippen molar-refractivity contribution in [3.05, 3.63) is 35.4 Å². The van der Waals surface area contributed by atoms with E-state index in [4.69, 9.17) is 0 Å². The zero-order valence-electron chi connectivity index (χ0n) is 12.7. The van der Waals surface area contributed by atoms with E-state index in [1.165, 1.54) is 0 Å². The molecule has 20 heavy (non-hydrogen) atoms. The molecule has 1 aliphatic heterocycles. The lowest BCUT2D eigenvalue weighted by molar-refractivity contribution is 0.0648. The third-order valence-electron chi connectivity index (χ3n) is 4.13. The molecule has 1 amide bonds. The van der Waals surface area contributed by atoms with Crippen molar-refractivity contribution < 1.29 is 9.90 Å². The van der Waals surface area contributed by atoms with E-state index < -0.39 is 0 Å². The van der Waals surface area contributed by atoms with Gasteiger partial charge in [-0.05, 0) is 35.8 Å². The molecule has 0 bridgehead atoms. The molecule has 1 aromatic carbocycles. The van der Waals surface area contributed by atoms with Crippen molar-refractivity contribution in [3.63, 3.8) is 0 Å². The maximum absolute atomic E-state index is 12.7. The number of rotatable bonds is 2. The lowest BCUT2D eigenvalue weighted by Gasteiger charge is -2.32. The quantitative estimate of drug-likeness (QED) is 0.901. The molecule has 0 aliphatic carbocycles. The summed E-state index contributed by atoms with van der Waals surface area (Å²) in [6, 6.07) is 7.91. The molecule has 110 valence electrons. The van der Waals surface area contributed by atoms with Crippen LogP contribution in [0.5, 0.6) is 0 Å². The van der Waals surface area contributed by atoms with Gasteiger partial charge in [-0.1, -0.05) is 39.0 Å². The third-order valence-corrected chi connectivity index (χ3v) is 4.13. The van der Waals surface area contributed by atoms with Crippen LogP contribution in [0.1, 0.15) is 49.5 Å². The van der Waals surface area contributed by atoms with Gasteiger partial charge in [-0.3, -0.25) is 4.79 Å². The van der Waals surface area contributed by atoms with Crippen molar-refractivity contribution in [3.8, 4) is 0 Å². The molecule has 0 radical (unpaired) electrons. The Bertz CT molecular complexity index is 468. The summed E-state index contributed by atoms with van der Waals surface area (Å²) in [6.07, 6.45) is 1.81. The number of carbonyl (C=O) groups is 1. The lowest BCUT2D eigenvalue weighted by Crippen LogP contribution is -2.40. The Balaban J connectivity index is 2.18. The van der Waals surface area contributed by atoms with Crippen LogP contribution >= 0.6 is 0 Å². The molecular formula is C17H25NO2. The van der Waals surface area contributed by atoms with E-state index in [1.54, 1.807) is 0 Å². The topological polar surface area (TPSA) is 40.5 Å². The molecular weight excluding hydrogens is 250 g/mol. The van der Waals surface area contributed by atoms with Gasteiger partial charge in [0, 0.05) is 25.3 Å². The molecule has 0 spiro atoms. The van der Waals surface area contributed by atoms with Gasteiger partial charge < -0.3 is 10.0 Å². The fraction of sp³-hybridized carbons (Fsp3) is 0.588. The van der Waals surface area contributed by atoms with E-state index in [-0.39, 0.29) is 17.9 Å². The average Bonchev–Trinajstić information content (AvgIpc) is 2.46. The Morgan fingerprint density at radius 2 is 1.85 bits per heavy atom. The van der Waals surface area contributed by atoms with Crippen LogP contribution in [0.4, 0.5) is 0 Å². The highest BCUT2D eigenvalue weighted by Crippen LogP contribution is 2.27. The number of aliphatic hydroxyl groups is 1. The zero-order valence-corrected chi connectivity index (χ0v) is 12.7. The molecule has 3 heteroatoms. The number of carbonyl (C=O) groups excluding carboxylic acids is 1. The lowest BCUT2D eigenvalue weighted by atomic mass is 9.83. The van der Waals surface area contributed by atoms with Crippen LogP contribution in [-0.2, 0) is 5.41 Å². The molecule has 1 aromatic rings. The summed E-state index contributed by atoms with van der Waals surface area (Å²) in [5.74, 6) is 0.490. The summed E-state index contributed by atoms with van der Waals surface area (Å²) in [5.41, 5.74) is 1.90. The number of benzene rings is 1. The first kappa shape index (κ1) is 15.0. The fourth-order valence-corrected chi connectivity index (χ4v) is 2.81. The summed E-state index contributed by atoms with van der Waals surface area (Å²) in [7, 11) is 0. The van der Waals surface area contributed by atoms with Crippen molar-refractivity contribution in [2.45, 2.75) is 39.0 Å². The van der Waals surface area contributed by atoms with E-state index >= 15 is 0 Å². The summed E-state index contributed by atoms with van der Waals surface area (Å²) >= 11 is 0. The molecule has 0 saturated carbocycles. The normalized spacial score (nSPS) is 17.3. The zero-order chi connectivity index (χ0) is 14.8. The van der Waals surface area contributed by atoms with E-state index in [1.807, 2.05) is 29.2 Å². The van der Waals surface area contributed by atoms with E-state index in [9.17, 15) is 9.90 Å². The minimum absolute atomic E-state index is 0.0321. The Kier molecular flexibility index (Phi) is 4.48. The Hall–Kier alpha value is -1.35. The van der Waals surface area contributed by atoms with Crippen molar-refractivity contribution in [2.75, 3.05) is 19.7 Å². The van der Waals surface area contributed by atoms with Gasteiger partial charge >= 0.3 is 0 Å². The Labute approximate surface area is 121 Å².